The lowest BCUT2D eigenvalue weighted by Gasteiger charge is -2.28. The quantitative estimate of drug-likeness (QED) is 0.871. The first kappa shape index (κ1) is 15.9. The maximum atomic E-state index is 12.8. The largest absolute Gasteiger partial charge is 0.421 e. The summed E-state index contributed by atoms with van der Waals surface area (Å²) in [5.74, 6) is -0.0466. The van der Waals surface area contributed by atoms with Gasteiger partial charge in [-0.2, -0.15) is 5.10 Å². The van der Waals surface area contributed by atoms with Crippen LogP contribution in [0.15, 0.2) is 36.5 Å². The van der Waals surface area contributed by atoms with E-state index in [1.54, 1.807) is 24.0 Å². The van der Waals surface area contributed by atoms with Crippen LogP contribution in [0.1, 0.15) is 47.0 Å². The number of hydrogen-bond acceptors (Lipinski definition) is 5. The molecule has 2 aliphatic rings. The van der Waals surface area contributed by atoms with Crippen LogP contribution in [0.5, 0.6) is 0 Å². The number of carbonyl (C=O) groups is 1. The minimum absolute atomic E-state index is 0.402. The molecule has 1 fully saturated rings. The van der Waals surface area contributed by atoms with E-state index in [1.165, 1.54) is 6.42 Å². The number of benzene rings is 1. The Morgan fingerprint density at radius 1 is 1.24 bits per heavy atom. The molecule has 1 aliphatic carbocycles. The van der Waals surface area contributed by atoms with E-state index in [4.69, 9.17) is 4.74 Å². The lowest BCUT2D eigenvalue weighted by molar-refractivity contribution is 0.0680. The van der Waals surface area contributed by atoms with Crippen LogP contribution in [0.25, 0.3) is 5.76 Å². The highest BCUT2D eigenvalue weighted by Crippen LogP contribution is 2.35. The van der Waals surface area contributed by atoms with Gasteiger partial charge in [0, 0.05) is 25.7 Å². The number of aliphatic hydroxyl groups excluding tert-OH is 1. The third-order valence-electron chi connectivity index (χ3n) is 4.87. The molecule has 2 aromatic rings. The topological polar surface area (TPSA) is 67.6 Å². The van der Waals surface area contributed by atoms with Crippen LogP contribution < -0.4 is 4.90 Å². The molecule has 4 rings (SSSR count). The molecule has 1 unspecified atom stereocenters. The van der Waals surface area contributed by atoms with Gasteiger partial charge in [0.2, 0.25) is 0 Å². The molecule has 1 aromatic heterocycles. The molecule has 0 spiro atoms. The number of aromatic nitrogens is 2. The predicted octanol–water partition coefficient (Wildman–Crippen LogP) is 2.66. The molecule has 1 saturated heterocycles. The monoisotopic (exact) mass is 339 g/mol. The number of ether oxygens (including phenoxy) is 1. The highest BCUT2D eigenvalue weighted by molar-refractivity contribution is 5.97. The maximum Gasteiger partial charge on any atom is 0.364 e. The third-order valence-corrected chi connectivity index (χ3v) is 4.87. The minimum Gasteiger partial charge on any atom is -0.421 e. The van der Waals surface area contributed by atoms with Crippen molar-refractivity contribution < 1.29 is 14.6 Å². The Bertz CT molecular complexity index is 834. The fraction of sp³-hybridized carbons (Fsp3) is 0.368. The fourth-order valence-electron chi connectivity index (χ4n) is 3.57. The van der Waals surface area contributed by atoms with Crippen LogP contribution in [-0.4, -0.2) is 33.9 Å². The van der Waals surface area contributed by atoms with Crippen molar-refractivity contribution in [1.29, 1.82) is 0 Å². The Labute approximate surface area is 146 Å². The number of carbonyl (C=O) groups excluding carboxylic acids is 1. The van der Waals surface area contributed by atoms with Crippen molar-refractivity contribution in [1.82, 2.24) is 9.78 Å². The first-order valence-electron chi connectivity index (χ1n) is 8.63. The van der Waals surface area contributed by atoms with Gasteiger partial charge in [0.1, 0.15) is 11.9 Å². The molecule has 130 valence electrons. The van der Waals surface area contributed by atoms with Gasteiger partial charge in [0.15, 0.2) is 5.69 Å². The number of rotatable bonds is 3. The molecule has 1 N–H and O–H groups in total. The number of aryl methyl sites for hydroxylation is 1. The van der Waals surface area contributed by atoms with Gasteiger partial charge < -0.3 is 14.7 Å². The van der Waals surface area contributed by atoms with E-state index in [0.717, 1.165) is 42.7 Å². The van der Waals surface area contributed by atoms with Gasteiger partial charge in [0.05, 0.1) is 11.9 Å². The van der Waals surface area contributed by atoms with Crippen LogP contribution in [0.3, 0.4) is 0 Å². The number of nitrogens with zero attached hydrogens (tertiary/aromatic N) is 3. The zero-order chi connectivity index (χ0) is 17.4. The van der Waals surface area contributed by atoms with Crippen molar-refractivity contribution in [2.24, 2.45) is 7.05 Å². The Kier molecular flexibility index (Phi) is 4.05. The predicted molar refractivity (Wildman–Crippen MR) is 94.1 cm³/mol. The molecular weight excluding hydrogens is 318 g/mol. The van der Waals surface area contributed by atoms with Gasteiger partial charge in [-0.15, -0.1) is 0 Å². The number of hydrogen-bond donors (Lipinski definition) is 1. The molecule has 0 saturated carbocycles. The Morgan fingerprint density at radius 2 is 2.00 bits per heavy atom. The van der Waals surface area contributed by atoms with Crippen LogP contribution >= 0.6 is 0 Å². The van der Waals surface area contributed by atoms with Crippen molar-refractivity contribution >= 4 is 17.4 Å². The zero-order valence-corrected chi connectivity index (χ0v) is 14.2. The maximum absolute atomic E-state index is 12.8. The summed E-state index contributed by atoms with van der Waals surface area (Å²) in [5, 5.41) is 14.4. The van der Waals surface area contributed by atoms with E-state index in [9.17, 15) is 9.90 Å². The lowest BCUT2D eigenvalue weighted by Crippen LogP contribution is -2.30. The summed E-state index contributed by atoms with van der Waals surface area (Å²) in [6, 6.07) is 7.40. The van der Waals surface area contributed by atoms with Crippen molar-refractivity contribution in [2.75, 3.05) is 18.0 Å². The standard InChI is InChI=1S/C19H21N3O3/c1-21-18(15(12-20-21)22-9-5-2-6-10-22)19(24)25-17-11-16(23)13-7-3-4-8-14(13)17/h3-4,7-8,11-12,16,23H,2,5-6,9-10H2,1H3. The Hall–Kier alpha value is -2.60. The van der Waals surface area contributed by atoms with Gasteiger partial charge in [-0.1, -0.05) is 24.3 Å². The summed E-state index contributed by atoms with van der Waals surface area (Å²) in [5.41, 5.74) is 2.78. The molecule has 25 heavy (non-hydrogen) atoms. The van der Waals surface area contributed by atoms with E-state index < -0.39 is 12.1 Å². The molecule has 0 bridgehead atoms. The van der Waals surface area contributed by atoms with Gasteiger partial charge in [-0.25, -0.2) is 4.79 Å². The molecule has 0 radical (unpaired) electrons. The van der Waals surface area contributed by atoms with Crippen LogP contribution in [-0.2, 0) is 11.8 Å². The van der Waals surface area contributed by atoms with Crippen molar-refractivity contribution in [3.8, 4) is 0 Å². The lowest BCUT2D eigenvalue weighted by atomic mass is 10.1. The summed E-state index contributed by atoms with van der Waals surface area (Å²) in [4.78, 5) is 15.0. The SMILES string of the molecule is Cn1ncc(N2CCCCC2)c1C(=O)OC1=CC(O)c2ccccc21. The van der Waals surface area contributed by atoms with Crippen molar-refractivity contribution in [3.05, 3.63) is 53.4 Å². The molecule has 6 nitrogen and oxygen atoms in total. The average Bonchev–Trinajstić information content (AvgIpc) is 3.17. The number of piperidine rings is 1. The normalized spacial score (nSPS) is 19.5. The summed E-state index contributed by atoms with van der Waals surface area (Å²) in [6.45, 7) is 1.85. The molecule has 0 amide bonds. The Balaban J connectivity index is 1.60. The summed E-state index contributed by atoms with van der Waals surface area (Å²) < 4.78 is 7.20. The second-order valence-corrected chi connectivity index (χ2v) is 6.50. The number of aliphatic hydroxyl groups is 1. The molecule has 1 aromatic carbocycles. The number of anilines is 1. The molecule has 1 atom stereocenters. The summed E-state index contributed by atoms with van der Waals surface area (Å²) in [6.07, 6.45) is 6.01. The smallest absolute Gasteiger partial charge is 0.364 e. The Morgan fingerprint density at radius 3 is 2.80 bits per heavy atom. The highest BCUT2D eigenvalue weighted by Gasteiger charge is 2.28. The average molecular weight is 339 g/mol. The summed E-state index contributed by atoms with van der Waals surface area (Å²) in [7, 11) is 1.75. The molecule has 6 heteroatoms. The van der Waals surface area contributed by atoms with Gasteiger partial charge >= 0.3 is 5.97 Å². The molecule has 2 heterocycles. The van der Waals surface area contributed by atoms with Crippen LogP contribution in [0.4, 0.5) is 5.69 Å². The second-order valence-electron chi connectivity index (χ2n) is 6.50. The first-order valence-corrected chi connectivity index (χ1v) is 8.63. The minimum atomic E-state index is -0.743. The molecular formula is C19H21N3O3. The fourth-order valence-corrected chi connectivity index (χ4v) is 3.57. The number of fused-ring (bicyclic) bond motifs is 1. The summed E-state index contributed by atoms with van der Waals surface area (Å²) >= 11 is 0. The van der Waals surface area contributed by atoms with E-state index in [-0.39, 0.29) is 0 Å². The van der Waals surface area contributed by atoms with Crippen LogP contribution in [0, 0.1) is 0 Å². The third kappa shape index (κ3) is 2.82. The highest BCUT2D eigenvalue weighted by atomic mass is 16.5. The van der Waals surface area contributed by atoms with Gasteiger partial charge in [-0.3, -0.25) is 4.68 Å². The number of esters is 1. The van der Waals surface area contributed by atoms with E-state index >= 15 is 0 Å². The second kappa shape index (κ2) is 6.37. The van der Waals surface area contributed by atoms with E-state index in [2.05, 4.69) is 10.00 Å². The first-order chi connectivity index (χ1) is 12.1. The molecule has 1 aliphatic heterocycles. The zero-order valence-electron chi connectivity index (χ0n) is 14.2. The van der Waals surface area contributed by atoms with Crippen LogP contribution in [0.2, 0.25) is 0 Å². The van der Waals surface area contributed by atoms with E-state index in [0.29, 0.717) is 11.5 Å². The van der Waals surface area contributed by atoms with E-state index in [1.807, 2.05) is 24.3 Å². The van der Waals surface area contributed by atoms with Gasteiger partial charge in [-0.05, 0) is 30.9 Å². The van der Waals surface area contributed by atoms with Gasteiger partial charge in [0.25, 0.3) is 0 Å². The van der Waals surface area contributed by atoms with Crippen molar-refractivity contribution in [2.45, 2.75) is 25.4 Å². The van der Waals surface area contributed by atoms with Crippen molar-refractivity contribution in [3.63, 3.8) is 0 Å².